The second-order valence-electron chi connectivity index (χ2n) is 8.31. The van der Waals surface area contributed by atoms with Gasteiger partial charge in [0.15, 0.2) is 17.6 Å². The van der Waals surface area contributed by atoms with Crippen molar-refractivity contribution < 1.29 is 24.0 Å². The first-order chi connectivity index (χ1) is 16.1. The number of carbonyl (C=O) groups is 1. The van der Waals surface area contributed by atoms with Gasteiger partial charge >= 0.3 is 5.97 Å². The van der Waals surface area contributed by atoms with Crippen LogP contribution in [0.15, 0.2) is 70.3 Å². The molecule has 2 aromatic carbocycles. The van der Waals surface area contributed by atoms with Crippen molar-refractivity contribution in [1.29, 1.82) is 0 Å². The minimum atomic E-state index is -1.08. The van der Waals surface area contributed by atoms with Crippen molar-refractivity contribution in [1.82, 2.24) is 5.16 Å². The van der Waals surface area contributed by atoms with Crippen LogP contribution in [0.5, 0.6) is 5.75 Å². The minimum Gasteiger partial charge on any atom is -0.487 e. The van der Waals surface area contributed by atoms with E-state index in [0.29, 0.717) is 29.7 Å². The van der Waals surface area contributed by atoms with Crippen LogP contribution in [0, 0.1) is 5.92 Å². The fourth-order valence-corrected chi connectivity index (χ4v) is 4.06. The molecule has 1 atom stereocenters. The molecule has 0 bridgehead atoms. The Kier molecular flexibility index (Phi) is 7.40. The average Bonchev–Trinajstić information content (AvgIpc) is 3.34. The van der Waals surface area contributed by atoms with Crippen LogP contribution in [0.1, 0.15) is 56.4 Å². The van der Waals surface area contributed by atoms with Gasteiger partial charge in [0.25, 0.3) is 0 Å². The predicted molar refractivity (Wildman–Crippen MR) is 124 cm³/mol. The highest BCUT2D eigenvalue weighted by Gasteiger charge is 2.27. The number of hydrogen-bond acceptors (Lipinski definition) is 6. The van der Waals surface area contributed by atoms with E-state index in [1.807, 2.05) is 60.7 Å². The Bertz CT molecular complexity index is 1070. The lowest BCUT2D eigenvalue weighted by Crippen LogP contribution is -2.19. The smallest absolute Gasteiger partial charge is 0.353 e. The van der Waals surface area contributed by atoms with Crippen LogP contribution in [0.3, 0.4) is 0 Å². The Morgan fingerprint density at radius 1 is 1.12 bits per heavy atom. The molecule has 7 nitrogen and oxygen atoms in total. The Hall–Kier alpha value is -3.61. The van der Waals surface area contributed by atoms with Crippen LogP contribution in [0.25, 0.3) is 11.3 Å². The van der Waals surface area contributed by atoms with Gasteiger partial charge in [-0.2, -0.15) is 0 Å². The number of ether oxygens (including phenoxy) is 1. The lowest BCUT2D eigenvalue weighted by molar-refractivity contribution is -0.129. The van der Waals surface area contributed by atoms with E-state index in [1.165, 1.54) is 13.3 Å². The van der Waals surface area contributed by atoms with E-state index in [0.717, 1.165) is 36.8 Å². The van der Waals surface area contributed by atoms with Gasteiger partial charge in [0.05, 0.1) is 0 Å². The summed E-state index contributed by atoms with van der Waals surface area (Å²) in [5.41, 5.74) is 2.58. The van der Waals surface area contributed by atoms with Gasteiger partial charge < -0.3 is 19.2 Å². The molecule has 1 unspecified atom stereocenters. The summed E-state index contributed by atoms with van der Waals surface area (Å²) in [6.07, 6.45) is 5.33. The first kappa shape index (κ1) is 22.6. The van der Waals surface area contributed by atoms with Crippen LogP contribution >= 0.6 is 0 Å². The fourth-order valence-electron chi connectivity index (χ4n) is 4.06. The van der Waals surface area contributed by atoms with E-state index in [4.69, 9.17) is 19.2 Å². The van der Waals surface area contributed by atoms with Crippen molar-refractivity contribution in [2.75, 3.05) is 0 Å². The highest BCUT2D eigenvalue weighted by atomic mass is 16.6. The molecule has 33 heavy (non-hydrogen) atoms. The van der Waals surface area contributed by atoms with E-state index < -0.39 is 5.97 Å². The predicted octanol–water partition coefficient (Wildman–Crippen LogP) is 6.02. The van der Waals surface area contributed by atoms with Gasteiger partial charge in [-0.15, -0.1) is 0 Å². The van der Waals surface area contributed by atoms with Crippen LogP contribution in [0.2, 0.25) is 0 Å². The van der Waals surface area contributed by atoms with Crippen molar-refractivity contribution in [3.8, 4) is 17.1 Å². The zero-order chi connectivity index (χ0) is 23.0. The number of benzene rings is 2. The van der Waals surface area contributed by atoms with Gasteiger partial charge in [0.2, 0.25) is 0 Å². The molecule has 7 heteroatoms. The lowest BCUT2D eigenvalue weighted by atomic mass is 9.83. The topological polar surface area (TPSA) is 94.2 Å². The van der Waals surface area contributed by atoms with Crippen molar-refractivity contribution in [3.05, 3.63) is 71.9 Å². The van der Waals surface area contributed by atoms with Gasteiger partial charge in [0, 0.05) is 17.5 Å². The maximum Gasteiger partial charge on any atom is 0.353 e. The molecular weight excluding hydrogens is 420 g/mol. The molecule has 4 rings (SSSR count). The molecule has 1 aliphatic carbocycles. The maximum absolute atomic E-state index is 11.1. The van der Waals surface area contributed by atoms with E-state index in [-0.39, 0.29) is 11.8 Å². The SMILES string of the molecule is C/C(=N\OC(c1ccc(OCc2cc(-c3ccccc3)on2)cc1)C1CCCCC1)C(=O)O. The average molecular weight is 449 g/mol. The van der Waals surface area contributed by atoms with Gasteiger partial charge in [-0.25, -0.2) is 4.79 Å². The van der Waals surface area contributed by atoms with Gasteiger partial charge in [-0.1, -0.05) is 72.0 Å². The summed E-state index contributed by atoms with van der Waals surface area (Å²) in [7, 11) is 0. The molecular formula is C26H28N2O5. The van der Waals surface area contributed by atoms with Crippen molar-refractivity contribution in [2.45, 2.75) is 51.7 Å². The van der Waals surface area contributed by atoms with E-state index in [2.05, 4.69) is 10.3 Å². The molecule has 1 saturated carbocycles. The summed E-state index contributed by atoms with van der Waals surface area (Å²) in [4.78, 5) is 16.8. The van der Waals surface area contributed by atoms with Gasteiger partial charge in [-0.05, 0) is 37.5 Å². The molecule has 0 spiro atoms. The number of oxime groups is 1. The third kappa shape index (κ3) is 6.00. The van der Waals surface area contributed by atoms with Crippen molar-refractivity contribution >= 4 is 11.7 Å². The molecule has 1 fully saturated rings. The molecule has 0 aliphatic heterocycles. The summed E-state index contributed by atoms with van der Waals surface area (Å²) in [5, 5.41) is 17.0. The van der Waals surface area contributed by atoms with Crippen LogP contribution in [-0.2, 0) is 16.2 Å². The highest BCUT2D eigenvalue weighted by molar-refractivity contribution is 6.34. The van der Waals surface area contributed by atoms with E-state index in [1.54, 1.807) is 0 Å². The van der Waals surface area contributed by atoms with E-state index >= 15 is 0 Å². The zero-order valence-corrected chi connectivity index (χ0v) is 18.6. The Morgan fingerprint density at radius 3 is 2.55 bits per heavy atom. The van der Waals surface area contributed by atoms with Crippen LogP contribution in [-0.4, -0.2) is 21.9 Å². The number of nitrogens with zero attached hydrogens (tertiary/aromatic N) is 2. The lowest BCUT2D eigenvalue weighted by Gasteiger charge is -2.29. The summed E-state index contributed by atoms with van der Waals surface area (Å²) in [5.74, 6) is 0.636. The number of rotatable bonds is 9. The molecule has 1 N–H and O–H groups in total. The van der Waals surface area contributed by atoms with Crippen LogP contribution < -0.4 is 4.74 Å². The van der Waals surface area contributed by atoms with Crippen molar-refractivity contribution in [3.63, 3.8) is 0 Å². The quantitative estimate of drug-likeness (QED) is 0.318. The largest absolute Gasteiger partial charge is 0.487 e. The summed E-state index contributed by atoms with van der Waals surface area (Å²) < 4.78 is 11.3. The number of aliphatic carboxylic acids is 1. The monoisotopic (exact) mass is 448 g/mol. The molecule has 1 aliphatic rings. The molecule has 1 heterocycles. The highest BCUT2D eigenvalue weighted by Crippen LogP contribution is 2.37. The first-order valence-electron chi connectivity index (χ1n) is 11.3. The number of hydrogen-bond donors (Lipinski definition) is 1. The molecule has 1 aromatic heterocycles. The second-order valence-corrected chi connectivity index (χ2v) is 8.31. The molecule has 0 amide bonds. The number of carboxylic acid groups (broad SMARTS) is 1. The normalized spacial score (nSPS) is 15.7. The number of aromatic nitrogens is 1. The Labute approximate surface area is 193 Å². The maximum atomic E-state index is 11.1. The molecule has 172 valence electrons. The van der Waals surface area contributed by atoms with Crippen molar-refractivity contribution in [2.24, 2.45) is 11.1 Å². The Morgan fingerprint density at radius 2 is 1.85 bits per heavy atom. The third-order valence-corrected chi connectivity index (χ3v) is 5.90. The second kappa shape index (κ2) is 10.8. The summed E-state index contributed by atoms with van der Waals surface area (Å²) in [6.45, 7) is 1.73. The van der Waals surface area contributed by atoms with Gasteiger partial charge in [-0.3, -0.25) is 0 Å². The molecule has 0 saturated heterocycles. The Balaban J connectivity index is 1.41. The van der Waals surface area contributed by atoms with Gasteiger partial charge in [0.1, 0.15) is 18.1 Å². The zero-order valence-electron chi connectivity index (χ0n) is 18.6. The standard InChI is InChI=1S/C26H28N2O5/c1-18(26(29)30)27-33-25(20-10-6-3-7-11-20)21-12-14-23(15-13-21)31-17-22-16-24(32-28-22)19-8-4-2-5-9-19/h2,4-5,8-9,12-16,20,25H,3,6-7,10-11,17H2,1H3,(H,29,30)/b27-18+. The fraction of sp³-hybridized carbons (Fsp3) is 0.346. The van der Waals surface area contributed by atoms with E-state index in [9.17, 15) is 4.79 Å². The molecule has 3 aromatic rings. The third-order valence-electron chi connectivity index (χ3n) is 5.90. The summed E-state index contributed by atoms with van der Waals surface area (Å²) >= 11 is 0. The first-order valence-corrected chi connectivity index (χ1v) is 11.3. The number of carboxylic acids is 1. The summed E-state index contributed by atoms with van der Waals surface area (Å²) in [6, 6.07) is 19.4. The molecule has 0 radical (unpaired) electrons. The minimum absolute atomic E-state index is 0.0572. The van der Waals surface area contributed by atoms with Crippen LogP contribution in [0.4, 0.5) is 0 Å².